The van der Waals surface area contributed by atoms with E-state index in [0.29, 0.717) is 5.56 Å². The molecule has 1 aromatic carbocycles. The Morgan fingerprint density at radius 2 is 1.80 bits per heavy atom. The molecule has 0 atom stereocenters. The first-order valence-electron chi connectivity index (χ1n) is 5.92. The summed E-state index contributed by atoms with van der Waals surface area (Å²) in [6, 6.07) is 6.09. The molecule has 0 saturated heterocycles. The first-order valence-corrected chi connectivity index (χ1v) is 5.92. The molecule has 0 unspecified atom stereocenters. The fourth-order valence-electron chi connectivity index (χ4n) is 1.30. The number of carbonyl (C=O) groups is 3. The van der Waals surface area contributed by atoms with Crippen LogP contribution in [0.15, 0.2) is 24.3 Å². The number of aromatic hydroxyl groups is 1. The molecule has 0 saturated carbocycles. The minimum atomic E-state index is -0.564. The van der Waals surface area contributed by atoms with Crippen molar-refractivity contribution in [2.24, 2.45) is 0 Å². The van der Waals surface area contributed by atoms with E-state index in [4.69, 9.17) is 9.84 Å². The molecule has 2 amide bonds. The number of hydrogen-bond donors (Lipinski definition) is 3. The van der Waals surface area contributed by atoms with Crippen molar-refractivity contribution in [1.82, 2.24) is 10.6 Å². The van der Waals surface area contributed by atoms with Crippen LogP contribution in [0.5, 0.6) is 5.75 Å². The molecule has 108 valence electrons. The van der Waals surface area contributed by atoms with E-state index in [9.17, 15) is 14.4 Å². The second-order valence-corrected chi connectivity index (χ2v) is 3.95. The minimum Gasteiger partial charge on any atom is -0.508 e. The number of esters is 1. The van der Waals surface area contributed by atoms with E-state index in [2.05, 4.69) is 10.6 Å². The lowest BCUT2D eigenvalue weighted by atomic mass is 10.1. The number of ether oxygens (including phenoxy) is 1. The van der Waals surface area contributed by atoms with Gasteiger partial charge in [-0.1, -0.05) is 12.1 Å². The summed E-state index contributed by atoms with van der Waals surface area (Å²) in [5, 5.41) is 13.7. The van der Waals surface area contributed by atoms with Gasteiger partial charge in [0.2, 0.25) is 5.91 Å². The van der Waals surface area contributed by atoms with E-state index in [1.165, 1.54) is 19.2 Å². The Bertz CT molecular complexity index is 484. The number of nitrogens with one attached hydrogen (secondary N) is 2. The van der Waals surface area contributed by atoms with Gasteiger partial charge in [-0.25, -0.2) is 0 Å². The van der Waals surface area contributed by atoms with Crippen LogP contribution in [0.4, 0.5) is 0 Å². The molecule has 0 fully saturated rings. The fourth-order valence-corrected chi connectivity index (χ4v) is 1.30. The minimum absolute atomic E-state index is 0.00298. The summed E-state index contributed by atoms with van der Waals surface area (Å²) in [6.45, 7) is -0.598. The predicted octanol–water partition coefficient (Wildman–Crippen LogP) is -0.660. The van der Waals surface area contributed by atoms with Crippen LogP contribution >= 0.6 is 0 Å². The highest BCUT2D eigenvalue weighted by atomic mass is 16.5. The van der Waals surface area contributed by atoms with Crippen molar-refractivity contribution < 1.29 is 24.2 Å². The van der Waals surface area contributed by atoms with Crippen LogP contribution in [0.3, 0.4) is 0 Å². The third-order valence-corrected chi connectivity index (χ3v) is 2.37. The maximum absolute atomic E-state index is 11.5. The van der Waals surface area contributed by atoms with Crippen LogP contribution < -0.4 is 10.6 Å². The molecule has 0 spiro atoms. The maximum Gasteiger partial charge on any atom is 0.310 e. The molecular formula is C13H16N2O5. The number of amides is 2. The second-order valence-electron chi connectivity index (χ2n) is 3.95. The average molecular weight is 280 g/mol. The van der Waals surface area contributed by atoms with Gasteiger partial charge in [-0.05, 0) is 17.7 Å². The highest BCUT2D eigenvalue weighted by Gasteiger charge is 2.09. The van der Waals surface area contributed by atoms with E-state index in [1.54, 1.807) is 12.1 Å². The summed E-state index contributed by atoms with van der Waals surface area (Å²) in [5.74, 6) is -1.34. The van der Waals surface area contributed by atoms with E-state index in [1.807, 2.05) is 0 Å². The predicted molar refractivity (Wildman–Crippen MR) is 69.8 cm³/mol. The Morgan fingerprint density at radius 1 is 1.15 bits per heavy atom. The van der Waals surface area contributed by atoms with Gasteiger partial charge in [0, 0.05) is 7.05 Å². The van der Waals surface area contributed by atoms with E-state index >= 15 is 0 Å². The number of rotatable bonds is 6. The third kappa shape index (κ3) is 5.85. The number of hydrogen-bond acceptors (Lipinski definition) is 5. The second kappa shape index (κ2) is 7.78. The summed E-state index contributed by atoms with van der Waals surface area (Å²) in [6.07, 6.45) is 0.00298. The molecule has 0 aliphatic carbocycles. The molecular weight excluding hydrogens is 264 g/mol. The Hall–Kier alpha value is -2.57. The lowest BCUT2D eigenvalue weighted by Gasteiger charge is -2.06. The molecule has 20 heavy (non-hydrogen) atoms. The molecule has 1 rings (SSSR count). The summed E-state index contributed by atoms with van der Waals surface area (Å²) in [7, 11) is 1.45. The SMILES string of the molecule is CNC(=O)CNC(=O)COC(=O)Cc1ccc(O)cc1. The molecule has 0 aliphatic heterocycles. The smallest absolute Gasteiger partial charge is 0.310 e. The molecule has 1 aromatic rings. The highest BCUT2D eigenvalue weighted by Crippen LogP contribution is 2.10. The normalized spacial score (nSPS) is 9.65. The Labute approximate surface area is 115 Å². The summed E-state index contributed by atoms with van der Waals surface area (Å²) in [5.41, 5.74) is 0.665. The quantitative estimate of drug-likeness (QED) is 0.600. The van der Waals surface area contributed by atoms with Crippen LogP contribution in [0.1, 0.15) is 5.56 Å². The number of phenolic OH excluding ortho intramolecular Hbond substituents is 1. The average Bonchev–Trinajstić information content (AvgIpc) is 2.45. The first kappa shape index (κ1) is 15.5. The zero-order valence-corrected chi connectivity index (χ0v) is 11.0. The van der Waals surface area contributed by atoms with Gasteiger partial charge < -0.3 is 20.5 Å². The largest absolute Gasteiger partial charge is 0.508 e. The lowest BCUT2D eigenvalue weighted by Crippen LogP contribution is -2.37. The number of benzene rings is 1. The van der Waals surface area contributed by atoms with Crippen molar-refractivity contribution in [2.45, 2.75) is 6.42 Å². The number of likely N-dealkylation sites (N-methyl/N-ethyl adjacent to an activating group) is 1. The standard InChI is InChI=1S/C13H16N2O5/c1-14-11(17)7-15-12(18)8-20-13(19)6-9-2-4-10(16)5-3-9/h2-5,16H,6-8H2,1H3,(H,14,17)(H,15,18). The number of phenols is 1. The molecule has 0 heterocycles. The van der Waals surface area contributed by atoms with E-state index in [0.717, 1.165) is 0 Å². The third-order valence-electron chi connectivity index (χ3n) is 2.37. The molecule has 0 aliphatic rings. The van der Waals surface area contributed by atoms with Gasteiger partial charge >= 0.3 is 5.97 Å². The molecule has 3 N–H and O–H groups in total. The van der Waals surface area contributed by atoms with Gasteiger partial charge in [0.05, 0.1) is 13.0 Å². The van der Waals surface area contributed by atoms with Crippen LogP contribution in [0, 0.1) is 0 Å². The van der Waals surface area contributed by atoms with Gasteiger partial charge in [0.15, 0.2) is 6.61 Å². The van der Waals surface area contributed by atoms with Crippen LogP contribution in [0.2, 0.25) is 0 Å². The monoisotopic (exact) mass is 280 g/mol. The maximum atomic E-state index is 11.5. The Morgan fingerprint density at radius 3 is 2.40 bits per heavy atom. The summed E-state index contributed by atoms with van der Waals surface area (Å²) < 4.78 is 4.76. The van der Waals surface area contributed by atoms with Gasteiger partial charge in [0.25, 0.3) is 5.91 Å². The summed E-state index contributed by atoms with van der Waals surface area (Å²) >= 11 is 0. The zero-order chi connectivity index (χ0) is 15.0. The molecule has 0 bridgehead atoms. The Kier molecular flexibility index (Phi) is 6.02. The fraction of sp³-hybridized carbons (Fsp3) is 0.308. The zero-order valence-electron chi connectivity index (χ0n) is 11.0. The van der Waals surface area contributed by atoms with Gasteiger partial charge in [-0.3, -0.25) is 14.4 Å². The van der Waals surface area contributed by atoms with Gasteiger partial charge in [0.1, 0.15) is 5.75 Å². The highest BCUT2D eigenvalue weighted by molar-refractivity contribution is 5.86. The topological polar surface area (TPSA) is 105 Å². The van der Waals surface area contributed by atoms with Crippen molar-refractivity contribution >= 4 is 17.8 Å². The van der Waals surface area contributed by atoms with Crippen molar-refractivity contribution in [3.63, 3.8) is 0 Å². The van der Waals surface area contributed by atoms with Gasteiger partial charge in [-0.2, -0.15) is 0 Å². The van der Waals surface area contributed by atoms with E-state index in [-0.39, 0.29) is 24.6 Å². The van der Waals surface area contributed by atoms with Crippen LogP contribution in [-0.2, 0) is 25.5 Å². The molecule has 0 aromatic heterocycles. The molecule has 7 heteroatoms. The number of carbonyl (C=O) groups excluding carboxylic acids is 3. The van der Waals surface area contributed by atoms with Crippen LogP contribution in [-0.4, -0.2) is 43.1 Å². The van der Waals surface area contributed by atoms with Crippen molar-refractivity contribution in [3.05, 3.63) is 29.8 Å². The van der Waals surface area contributed by atoms with Gasteiger partial charge in [-0.15, -0.1) is 0 Å². The Balaban J connectivity index is 2.27. The molecule has 7 nitrogen and oxygen atoms in total. The summed E-state index contributed by atoms with van der Waals surface area (Å²) in [4.78, 5) is 33.6. The van der Waals surface area contributed by atoms with Crippen LogP contribution in [0.25, 0.3) is 0 Å². The van der Waals surface area contributed by atoms with E-state index < -0.39 is 18.5 Å². The van der Waals surface area contributed by atoms with Crippen molar-refractivity contribution in [2.75, 3.05) is 20.2 Å². The molecule has 0 radical (unpaired) electrons. The van der Waals surface area contributed by atoms with Crippen molar-refractivity contribution in [3.8, 4) is 5.75 Å². The lowest BCUT2D eigenvalue weighted by molar-refractivity contribution is -0.147. The van der Waals surface area contributed by atoms with Crippen molar-refractivity contribution in [1.29, 1.82) is 0 Å². The first-order chi connectivity index (χ1) is 9.51.